The Morgan fingerprint density at radius 2 is 2.00 bits per heavy atom. The molecule has 2 aromatic rings. The lowest BCUT2D eigenvalue weighted by molar-refractivity contribution is 0.174. The largest absolute Gasteiger partial charge is 0.454 e. The highest BCUT2D eigenvalue weighted by atomic mass is 16.7. The van der Waals surface area contributed by atoms with Crippen LogP contribution in [0, 0.1) is 6.92 Å². The number of fused-ring (bicyclic) bond motifs is 1. The van der Waals surface area contributed by atoms with Crippen molar-refractivity contribution in [1.29, 1.82) is 0 Å². The van der Waals surface area contributed by atoms with Crippen molar-refractivity contribution in [2.45, 2.75) is 20.3 Å². The minimum absolute atomic E-state index is 0.269. The first-order valence-corrected chi connectivity index (χ1v) is 7.60. The molecule has 1 aromatic heterocycles. The number of ether oxygens (including phenoxy) is 2. The van der Waals surface area contributed by atoms with Gasteiger partial charge in [0.25, 0.3) is 0 Å². The van der Waals surface area contributed by atoms with Crippen LogP contribution in [-0.4, -0.2) is 22.5 Å². The maximum Gasteiger partial charge on any atom is 0.231 e. The maximum atomic E-state index is 5.48. The number of hydrogen-bond donors (Lipinski definition) is 1. The molecule has 0 unspecified atom stereocenters. The number of nitrogens with zero attached hydrogens (tertiary/aromatic N) is 2. The predicted molar refractivity (Wildman–Crippen MR) is 89.7 cm³/mol. The van der Waals surface area contributed by atoms with Gasteiger partial charge in [-0.1, -0.05) is 12.2 Å². The molecule has 0 bridgehead atoms. The van der Waals surface area contributed by atoms with Crippen molar-refractivity contribution in [2.75, 3.05) is 6.79 Å². The fourth-order valence-electron chi connectivity index (χ4n) is 2.78. The molecule has 0 atom stereocenters. The molecular weight excluding hydrogens is 290 g/mol. The first-order valence-electron chi connectivity index (χ1n) is 7.60. The third-order valence-corrected chi connectivity index (χ3v) is 3.83. The molecule has 0 saturated heterocycles. The zero-order chi connectivity index (χ0) is 15.8. The van der Waals surface area contributed by atoms with Crippen LogP contribution in [0.1, 0.15) is 24.9 Å². The van der Waals surface area contributed by atoms with Crippen LogP contribution in [0.4, 0.5) is 0 Å². The summed E-state index contributed by atoms with van der Waals surface area (Å²) in [5, 5.41) is 0. The SMILES string of the molecule is CC1=NC(c2[nH]c(C)nc2-c2ccc3c(c2)OCO3)=CCC=C1. The van der Waals surface area contributed by atoms with Crippen LogP contribution >= 0.6 is 0 Å². The van der Waals surface area contributed by atoms with E-state index in [9.17, 15) is 0 Å². The van der Waals surface area contributed by atoms with Gasteiger partial charge in [-0.05, 0) is 44.5 Å². The van der Waals surface area contributed by atoms with Gasteiger partial charge in [-0.25, -0.2) is 4.98 Å². The molecule has 0 saturated carbocycles. The molecule has 0 fully saturated rings. The summed E-state index contributed by atoms with van der Waals surface area (Å²) in [6.45, 7) is 4.22. The van der Waals surface area contributed by atoms with Gasteiger partial charge in [0, 0.05) is 11.3 Å². The average molecular weight is 307 g/mol. The lowest BCUT2D eigenvalue weighted by Crippen LogP contribution is -1.93. The topological polar surface area (TPSA) is 59.5 Å². The van der Waals surface area contributed by atoms with Gasteiger partial charge in [0.05, 0.1) is 17.1 Å². The number of aryl methyl sites for hydroxylation is 1. The fraction of sp³-hybridized carbons (Fsp3) is 0.222. The van der Waals surface area contributed by atoms with Crippen LogP contribution in [0.3, 0.4) is 0 Å². The number of aromatic nitrogens is 2. The molecule has 0 aliphatic carbocycles. The number of aromatic amines is 1. The van der Waals surface area contributed by atoms with Crippen molar-refractivity contribution in [3.8, 4) is 22.8 Å². The Labute approximate surface area is 134 Å². The predicted octanol–water partition coefficient (Wildman–Crippen LogP) is 3.88. The molecule has 4 rings (SSSR count). The lowest BCUT2D eigenvalue weighted by Gasteiger charge is -2.05. The molecule has 2 aliphatic heterocycles. The van der Waals surface area contributed by atoms with Crippen LogP contribution in [0.2, 0.25) is 0 Å². The number of H-pyrrole nitrogens is 1. The Hall–Kier alpha value is -2.82. The Morgan fingerprint density at radius 3 is 2.91 bits per heavy atom. The molecule has 1 aromatic carbocycles. The van der Waals surface area contributed by atoms with E-state index in [1.54, 1.807) is 0 Å². The van der Waals surface area contributed by atoms with Gasteiger partial charge in [-0.2, -0.15) is 0 Å². The van der Waals surface area contributed by atoms with E-state index >= 15 is 0 Å². The molecule has 3 heterocycles. The van der Waals surface area contributed by atoms with E-state index < -0.39 is 0 Å². The molecule has 0 amide bonds. The van der Waals surface area contributed by atoms with Gasteiger partial charge >= 0.3 is 0 Å². The quantitative estimate of drug-likeness (QED) is 0.916. The van der Waals surface area contributed by atoms with Crippen molar-refractivity contribution < 1.29 is 9.47 Å². The van der Waals surface area contributed by atoms with E-state index in [1.165, 1.54) is 0 Å². The van der Waals surface area contributed by atoms with Crippen LogP contribution in [0.5, 0.6) is 11.5 Å². The summed E-state index contributed by atoms with van der Waals surface area (Å²) >= 11 is 0. The van der Waals surface area contributed by atoms with Gasteiger partial charge in [-0.15, -0.1) is 0 Å². The van der Waals surface area contributed by atoms with Crippen molar-refractivity contribution in [3.05, 3.63) is 47.9 Å². The van der Waals surface area contributed by atoms with Crippen molar-refractivity contribution >= 4 is 11.4 Å². The van der Waals surface area contributed by atoms with Crippen LogP contribution in [0.15, 0.2) is 41.4 Å². The third-order valence-electron chi connectivity index (χ3n) is 3.83. The van der Waals surface area contributed by atoms with Gasteiger partial charge in [0.15, 0.2) is 11.5 Å². The smallest absolute Gasteiger partial charge is 0.231 e. The third kappa shape index (κ3) is 2.54. The highest BCUT2D eigenvalue weighted by Crippen LogP contribution is 2.37. The van der Waals surface area contributed by atoms with Crippen molar-refractivity contribution in [1.82, 2.24) is 9.97 Å². The Balaban J connectivity index is 1.81. The second-order valence-corrected chi connectivity index (χ2v) is 5.59. The normalized spacial score (nSPS) is 16.1. The summed E-state index contributed by atoms with van der Waals surface area (Å²) in [7, 11) is 0. The summed E-state index contributed by atoms with van der Waals surface area (Å²) in [5.41, 5.74) is 4.70. The highest BCUT2D eigenvalue weighted by Gasteiger charge is 2.19. The second kappa shape index (κ2) is 5.43. The summed E-state index contributed by atoms with van der Waals surface area (Å²) in [6.07, 6.45) is 7.10. The monoisotopic (exact) mass is 307 g/mol. The first kappa shape index (κ1) is 13.8. The summed E-state index contributed by atoms with van der Waals surface area (Å²) in [4.78, 5) is 12.7. The van der Waals surface area contributed by atoms with E-state index in [2.05, 4.69) is 27.1 Å². The van der Waals surface area contributed by atoms with Gasteiger partial charge in [0.1, 0.15) is 5.82 Å². The summed E-state index contributed by atoms with van der Waals surface area (Å²) in [6, 6.07) is 5.88. The number of allylic oxidation sites excluding steroid dienone is 3. The number of benzene rings is 1. The molecule has 1 N–H and O–H groups in total. The minimum Gasteiger partial charge on any atom is -0.454 e. The standard InChI is InChI=1S/C18H17N3O2/c1-11-5-3-4-6-14(19-11)18-17(20-12(2)21-18)13-7-8-15-16(9-13)23-10-22-15/h3,5-9H,4,10H2,1-2H3,(H,20,21). The number of imidazole rings is 1. The first-order chi connectivity index (χ1) is 11.2. The van der Waals surface area contributed by atoms with Crippen LogP contribution in [0.25, 0.3) is 17.0 Å². The van der Waals surface area contributed by atoms with Crippen molar-refractivity contribution in [3.63, 3.8) is 0 Å². The molecule has 23 heavy (non-hydrogen) atoms. The van der Waals surface area contributed by atoms with E-state index in [4.69, 9.17) is 9.47 Å². The summed E-state index contributed by atoms with van der Waals surface area (Å²) < 4.78 is 10.9. The second-order valence-electron chi connectivity index (χ2n) is 5.59. The number of aliphatic imine (C=N–C) groups is 1. The fourth-order valence-corrected chi connectivity index (χ4v) is 2.78. The molecule has 5 heteroatoms. The van der Waals surface area contributed by atoms with Gasteiger partial charge < -0.3 is 14.5 Å². The van der Waals surface area contributed by atoms with Crippen LogP contribution < -0.4 is 9.47 Å². The summed E-state index contributed by atoms with van der Waals surface area (Å²) in [5.74, 6) is 2.39. The van der Waals surface area contributed by atoms with Gasteiger partial charge in [-0.3, -0.25) is 4.99 Å². The number of nitrogens with one attached hydrogen (secondary N) is 1. The van der Waals surface area contributed by atoms with E-state index in [0.717, 1.165) is 52.1 Å². The number of rotatable bonds is 2. The van der Waals surface area contributed by atoms with E-state index in [0.29, 0.717) is 0 Å². The minimum atomic E-state index is 0.269. The van der Waals surface area contributed by atoms with E-state index in [-0.39, 0.29) is 6.79 Å². The molecular formula is C18H17N3O2. The van der Waals surface area contributed by atoms with Crippen LogP contribution in [-0.2, 0) is 0 Å². The lowest BCUT2D eigenvalue weighted by atomic mass is 10.1. The number of hydrogen-bond acceptors (Lipinski definition) is 4. The van der Waals surface area contributed by atoms with E-state index in [1.807, 2.05) is 38.1 Å². The molecule has 5 nitrogen and oxygen atoms in total. The average Bonchev–Trinajstić information content (AvgIpc) is 3.09. The molecule has 0 radical (unpaired) electrons. The van der Waals surface area contributed by atoms with Crippen molar-refractivity contribution in [2.24, 2.45) is 4.99 Å². The highest BCUT2D eigenvalue weighted by molar-refractivity contribution is 5.97. The molecule has 0 spiro atoms. The Kier molecular flexibility index (Phi) is 3.26. The zero-order valence-corrected chi connectivity index (χ0v) is 13.1. The Bertz CT molecular complexity index is 859. The zero-order valence-electron chi connectivity index (χ0n) is 13.1. The molecule has 2 aliphatic rings. The van der Waals surface area contributed by atoms with Gasteiger partial charge in [0.2, 0.25) is 6.79 Å². The molecule has 116 valence electrons. The Morgan fingerprint density at radius 1 is 1.13 bits per heavy atom. The maximum absolute atomic E-state index is 5.48.